The Morgan fingerprint density at radius 1 is 1.22 bits per heavy atom. The van der Waals surface area contributed by atoms with Crippen molar-refractivity contribution in [3.63, 3.8) is 0 Å². The smallest absolute Gasteiger partial charge is 0.332 e. The molecular formula is C20H27N3O4. The van der Waals surface area contributed by atoms with Gasteiger partial charge < -0.3 is 9.84 Å². The van der Waals surface area contributed by atoms with Gasteiger partial charge in [0.2, 0.25) is 0 Å². The average Bonchev–Trinajstić information content (AvgIpc) is 3.32. The highest BCUT2D eigenvalue weighted by atomic mass is 16.6. The second-order valence-electron chi connectivity index (χ2n) is 9.04. The summed E-state index contributed by atoms with van der Waals surface area (Å²) in [7, 11) is 0. The molecule has 2 heterocycles. The molecule has 1 aliphatic heterocycles. The Balaban J connectivity index is 2.08. The average molecular weight is 373 g/mol. The Morgan fingerprint density at radius 2 is 1.85 bits per heavy atom. The number of rotatable bonds is 3. The van der Waals surface area contributed by atoms with Crippen LogP contribution in [0.15, 0.2) is 29.1 Å². The van der Waals surface area contributed by atoms with E-state index < -0.39 is 29.1 Å². The summed E-state index contributed by atoms with van der Waals surface area (Å²) < 4.78 is 6.77. The first kappa shape index (κ1) is 19.4. The summed E-state index contributed by atoms with van der Waals surface area (Å²) in [4.78, 5) is 30.1. The number of hydrogen-bond acceptors (Lipinski definition) is 6. The van der Waals surface area contributed by atoms with E-state index in [0.717, 1.165) is 0 Å². The van der Waals surface area contributed by atoms with Crippen molar-refractivity contribution in [2.75, 3.05) is 11.6 Å². The van der Waals surface area contributed by atoms with Gasteiger partial charge in [0.05, 0.1) is 17.4 Å². The van der Waals surface area contributed by atoms with E-state index >= 15 is 0 Å². The van der Waals surface area contributed by atoms with Crippen molar-refractivity contribution < 1.29 is 14.6 Å². The van der Waals surface area contributed by atoms with Gasteiger partial charge in [0.25, 0.3) is 5.56 Å². The summed E-state index contributed by atoms with van der Waals surface area (Å²) >= 11 is 0. The van der Waals surface area contributed by atoms with Crippen LogP contribution in [-0.2, 0) is 9.53 Å². The van der Waals surface area contributed by atoms with Crippen molar-refractivity contribution in [3.8, 4) is 0 Å². The summed E-state index contributed by atoms with van der Waals surface area (Å²) in [6, 6.07) is 6.44. The van der Waals surface area contributed by atoms with E-state index in [9.17, 15) is 14.7 Å². The molecule has 1 aromatic heterocycles. The third-order valence-electron chi connectivity index (χ3n) is 4.37. The van der Waals surface area contributed by atoms with Crippen LogP contribution in [0.3, 0.4) is 0 Å². The summed E-state index contributed by atoms with van der Waals surface area (Å²) in [5.41, 5.74) is -0.912. The van der Waals surface area contributed by atoms with Gasteiger partial charge in [-0.3, -0.25) is 9.80 Å². The van der Waals surface area contributed by atoms with Gasteiger partial charge in [-0.15, -0.1) is 0 Å². The van der Waals surface area contributed by atoms with Crippen LogP contribution < -0.4 is 10.6 Å². The molecule has 0 saturated carbocycles. The van der Waals surface area contributed by atoms with Crippen molar-refractivity contribution in [1.29, 1.82) is 0 Å². The van der Waals surface area contributed by atoms with Crippen molar-refractivity contribution in [3.05, 3.63) is 40.4 Å². The molecule has 2 aromatic rings. The first-order chi connectivity index (χ1) is 12.4. The molecule has 1 N–H and O–H groups in total. The van der Waals surface area contributed by atoms with Crippen molar-refractivity contribution in [2.24, 2.45) is 5.41 Å². The number of para-hydroxylation sites is 1. The third kappa shape index (κ3) is 3.83. The van der Waals surface area contributed by atoms with Gasteiger partial charge in [-0.25, -0.2) is 14.5 Å². The van der Waals surface area contributed by atoms with Crippen LogP contribution in [0.4, 0.5) is 0 Å². The van der Waals surface area contributed by atoms with Crippen molar-refractivity contribution in [1.82, 2.24) is 9.66 Å². The second kappa shape index (κ2) is 6.34. The summed E-state index contributed by atoms with van der Waals surface area (Å²) in [6.07, 6.45) is -0.977. The molecule has 0 amide bonds. The molecule has 0 unspecified atom stereocenters. The summed E-state index contributed by atoms with van der Waals surface area (Å²) in [5.74, 6) is -0.156. The number of aliphatic hydroxyl groups excluding tert-OH is 1. The maximum Gasteiger partial charge on any atom is 0.332 e. The van der Waals surface area contributed by atoms with E-state index in [4.69, 9.17) is 4.74 Å². The minimum atomic E-state index is -0.977. The standard InChI is InChI=1S/C20H27N3O4/c1-19(2,3)15(24)16-21-13-10-8-7-9-12(13)17(25)23(16)22-11-14(22)18(26)27-20(4,5)6/h7-10,14-15,24H,11H2,1-6H3/t14-,15+,22?/m0/s1. The minimum absolute atomic E-state index is 0.234. The monoisotopic (exact) mass is 373 g/mol. The normalized spacial score (nSPS) is 18.5. The number of aliphatic hydroxyl groups is 1. The quantitative estimate of drug-likeness (QED) is 0.655. The highest BCUT2D eigenvalue weighted by Gasteiger charge is 2.46. The zero-order chi connectivity index (χ0) is 20.1. The van der Waals surface area contributed by atoms with Crippen molar-refractivity contribution >= 4 is 16.9 Å². The second-order valence-corrected chi connectivity index (χ2v) is 9.04. The topological polar surface area (TPSA) is 84.4 Å². The van der Waals surface area contributed by atoms with Gasteiger partial charge in [-0.1, -0.05) is 32.9 Å². The largest absolute Gasteiger partial charge is 0.458 e. The molecule has 2 atom stereocenters. The molecule has 1 fully saturated rings. The molecule has 3 rings (SSSR count). The number of carbonyl (C=O) groups is 1. The molecule has 1 aliphatic rings. The number of benzene rings is 1. The molecule has 0 bridgehead atoms. The highest BCUT2D eigenvalue weighted by molar-refractivity contribution is 5.83. The number of fused-ring (bicyclic) bond motifs is 1. The fourth-order valence-corrected chi connectivity index (χ4v) is 2.87. The third-order valence-corrected chi connectivity index (χ3v) is 4.37. The lowest BCUT2D eigenvalue weighted by Crippen LogP contribution is -2.39. The Kier molecular flexibility index (Phi) is 4.54. The zero-order valence-electron chi connectivity index (χ0n) is 16.7. The summed E-state index contributed by atoms with van der Waals surface area (Å²) in [5, 5.41) is 12.9. The maximum atomic E-state index is 13.1. The number of aromatic nitrogens is 2. The van der Waals surface area contributed by atoms with Crippen LogP contribution in [0, 0.1) is 5.41 Å². The first-order valence-electron chi connectivity index (χ1n) is 9.10. The van der Waals surface area contributed by atoms with Crippen LogP contribution in [-0.4, -0.2) is 38.9 Å². The summed E-state index contributed by atoms with van der Waals surface area (Å²) in [6.45, 7) is 11.4. The molecule has 1 saturated heterocycles. The van der Waals surface area contributed by atoms with E-state index in [1.54, 1.807) is 50.0 Å². The van der Waals surface area contributed by atoms with E-state index in [1.807, 2.05) is 20.8 Å². The SMILES string of the molecule is CC(C)(C)OC(=O)[C@@H]1CN1n1c([C@@H](O)C(C)(C)C)nc2ccccc2c1=O. The molecular weight excluding hydrogens is 346 g/mol. The van der Waals surface area contributed by atoms with Crippen LogP contribution in [0.25, 0.3) is 10.9 Å². The molecule has 146 valence electrons. The molecule has 7 nitrogen and oxygen atoms in total. The van der Waals surface area contributed by atoms with Crippen LogP contribution in [0.1, 0.15) is 53.5 Å². The van der Waals surface area contributed by atoms with Crippen LogP contribution in [0.2, 0.25) is 0 Å². The van der Waals surface area contributed by atoms with E-state index in [1.165, 1.54) is 4.68 Å². The predicted molar refractivity (Wildman–Crippen MR) is 103 cm³/mol. The predicted octanol–water partition coefficient (Wildman–Crippen LogP) is 2.14. The van der Waals surface area contributed by atoms with Gasteiger partial charge in [0.15, 0.2) is 11.9 Å². The Bertz CT molecular complexity index is 937. The number of nitrogens with zero attached hydrogens (tertiary/aromatic N) is 3. The van der Waals surface area contributed by atoms with E-state index in [0.29, 0.717) is 17.4 Å². The fraction of sp³-hybridized carbons (Fsp3) is 0.550. The Morgan fingerprint density at radius 3 is 2.44 bits per heavy atom. The zero-order valence-corrected chi connectivity index (χ0v) is 16.7. The number of hydrogen-bond donors (Lipinski definition) is 1. The van der Waals surface area contributed by atoms with E-state index in [2.05, 4.69) is 4.98 Å². The highest BCUT2D eigenvalue weighted by Crippen LogP contribution is 2.33. The Hall–Kier alpha value is -2.41. The van der Waals surface area contributed by atoms with E-state index in [-0.39, 0.29) is 11.4 Å². The number of esters is 1. The fourth-order valence-electron chi connectivity index (χ4n) is 2.87. The molecule has 1 aromatic carbocycles. The van der Waals surface area contributed by atoms with Crippen LogP contribution >= 0.6 is 0 Å². The lowest BCUT2D eigenvalue weighted by molar-refractivity contribution is -0.153. The Labute approximate surface area is 158 Å². The molecule has 27 heavy (non-hydrogen) atoms. The lowest BCUT2D eigenvalue weighted by atomic mass is 9.88. The maximum absolute atomic E-state index is 13.1. The van der Waals surface area contributed by atoms with Crippen molar-refractivity contribution in [2.45, 2.75) is 59.3 Å². The van der Waals surface area contributed by atoms with Gasteiger partial charge >= 0.3 is 5.97 Å². The molecule has 7 heteroatoms. The number of ether oxygens (including phenoxy) is 1. The van der Waals surface area contributed by atoms with Gasteiger partial charge in [-0.05, 0) is 38.3 Å². The van der Waals surface area contributed by atoms with Gasteiger partial charge in [-0.2, -0.15) is 0 Å². The molecule has 0 radical (unpaired) electrons. The molecule has 0 spiro atoms. The molecule has 0 aliphatic carbocycles. The van der Waals surface area contributed by atoms with Gasteiger partial charge in [0, 0.05) is 0 Å². The minimum Gasteiger partial charge on any atom is -0.458 e. The van der Waals surface area contributed by atoms with Gasteiger partial charge in [0.1, 0.15) is 11.7 Å². The number of carbonyl (C=O) groups excluding carboxylic acids is 1. The van der Waals surface area contributed by atoms with Crippen LogP contribution in [0.5, 0.6) is 0 Å². The first-order valence-corrected chi connectivity index (χ1v) is 9.10. The lowest BCUT2D eigenvalue weighted by Gasteiger charge is -2.28.